The molecule has 11 aliphatic rings. The summed E-state index contributed by atoms with van der Waals surface area (Å²) in [6, 6.07) is 0. The van der Waals surface area contributed by atoms with E-state index < -0.39 is 22.6 Å². The molecule has 0 aromatic rings. The van der Waals surface area contributed by atoms with Gasteiger partial charge in [0.15, 0.2) is 0 Å². The molecule has 14 atom stereocenters. The van der Waals surface area contributed by atoms with Crippen LogP contribution in [0.3, 0.4) is 0 Å². The second-order valence-electron chi connectivity index (χ2n) is 28.4. The van der Waals surface area contributed by atoms with Crippen LogP contribution in [0.2, 0.25) is 0 Å². The third kappa shape index (κ3) is 48.5. The van der Waals surface area contributed by atoms with Crippen molar-refractivity contribution in [2.75, 3.05) is 0 Å². The summed E-state index contributed by atoms with van der Waals surface area (Å²) in [7, 11) is 14.8. The van der Waals surface area contributed by atoms with Crippen molar-refractivity contribution in [3.05, 3.63) is 96.7 Å². The van der Waals surface area contributed by atoms with Crippen LogP contribution in [-0.2, 0) is 19.5 Å². The maximum Gasteiger partial charge on any atom is 0.643 e. The van der Waals surface area contributed by atoms with E-state index in [1.165, 1.54) is 89.7 Å². The molecule has 2 nitrogen and oxygen atoms in total. The zero-order valence-corrected chi connectivity index (χ0v) is 69.7. The Kier molecular flexibility index (Phi) is 69.0. The fourth-order valence-corrected chi connectivity index (χ4v) is 15.3. The van der Waals surface area contributed by atoms with Crippen molar-refractivity contribution in [2.24, 2.45) is 87.8 Å². The van der Waals surface area contributed by atoms with Gasteiger partial charge in [-0.05, 0) is 258 Å². The van der Waals surface area contributed by atoms with Crippen LogP contribution < -0.4 is 0 Å². The molecule has 0 aliphatic heterocycles. The van der Waals surface area contributed by atoms with Crippen LogP contribution in [0.5, 0.6) is 0 Å². The van der Waals surface area contributed by atoms with Crippen molar-refractivity contribution < 1.29 is 31.1 Å². The Hall–Kier alpha value is -0.134. The Labute approximate surface area is 599 Å². The van der Waals surface area contributed by atoms with E-state index >= 15 is 0 Å². The molecule has 0 heterocycles. The first kappa shape index (κ1) is 103. The normalized spacial score (nSPS) is 28.0. The van der Waals surface area contributed by atoms with Gasteiger partial charge in [-0.15, -0.1) is 13.2 Å². The van der Waals surface area contributed by atoms with E-state index in [1.54, 1.807) is 90.0 Å². The van der Waals surface area contributed by atoms with E-state index in [-0.39, 0.29) is 28.3 Å². The molecule has 7 saturated carbocycles. The Morgan fingerprint density at radius 2 is 1.02 bits per heavy atom. The minimum Gasteiger partial charge on any atom is -0.386 e. The molecule has 0 radical (unpaired) electrons. The average Bonchev–Trinajstić information content (AvgIpc) is 1.69. The predicted molar refractivity (Wildman–Crippen MR) is 420 cm³/mol. The molecule has 0 amide bonds. The molecule has 0 aromatic carbocycles. The average molecular weight is 1430 g/mol. The Balaban J connectivity index is -0.000000140. The molecular formula is C83H162AlCl3O2Ru. The number of fused-ring (bicyclic) bond motifs is 15. The van der Waals surface area contributed by atoms with Crippen LogP contribution in [0.1, 0.15) is 338 Å². The van der Waals surface area contributed by atoms with Gasteiger partial charge in [-0.1, -0.05) is 249 Å². The standard InChI is InChI=1S/C12H26.C10H18O.2C10H16.C10H12.C6H10O.C6H8.C4H8.7C2H6.CH4.Al.3ClH.Ru.H2/c1-10(8-11(2,3)4)9-12(5,6)7;1-5-10(4,11)8-6-7-9(2)3;3*1-2-9-7-4-5-8(6-7)10(9)3-1;1-6(7)4-2-3-5-6;1-6-4-2-3-5-6;1-4(2)3;7*1-2;;;;;;;/h10H,8-9H2,1-7H3;5,7,11H,1,6,8H2,2-4H3;2*7-10H,1-6H2;1-2,4-5,7-10H,3,6H2;2,4,7H,3,5H2,1H3;2,4-5H,3H2,1H3;1H2,2-3H3;7*1-2H3;1H4;;3*1H;;1H/q;;;;;;;;;;;;;;;;+3;;;;;/p-3/i;;;;;;;;;;;;;;;;;;;;;1+1. The van der Waals surface area contributed by atoms with Crippen LogP contribution in [0.15, 0.2) is 96.7 Å². The number of hydrogen-bond donors (Lipinski definition) is 2. The van der Waals surface area contributed by atoms with Crippen molar-refractivity contribution in [2.45, 2.75) is 347 Å². The summed E-state index contributed by atoms with van der Waals surface area (Å²) in [5.74, 6) is 14.3. The van der Waals surface area contributed by atoms with Gasteiger partial charge < -0.3 is 10.2 Å². The van der Waals surface area contributed by atoms with E-state index in [1.807, 2.05) is 130 Å². The fraction of sp³-hybridized carbons (Fsp3) is 0.807. The zero-order chi connectivity index (χ0) is 69.4. The Bertz CT molecular complexity index is 1760. The summed E-state index contributed by atoms with van der Waals surface area (Å²) in [5.41, 5.74) is 3.65. The second-order valence-corrected chi connectivity index (χ2v) is 34.8. The van der Waals surface area contributed by atoms with E-state index in [0.29, 0.717) is 10.8 Å². The summed E-state index contributed by atoms with van der Waals surface area (Å²) in [6.07, 6.45) is 53.1. The molecule has 2 N–H and O–H groups in total. The number of allylic oxidation sites excluding steroid dienone is 12. The minimum atomic E-state index is -1.72. The van der Waals surface area contributed by atoms with Crippen molar-refractivity contribution in [1.82, 2.24) is 0 Å². The maximum absolute atomic E-state index is 9.49. The number of rotatable bonds is 6. The molecule has 6 bridgehead atoms. The molecule has 0 aromatic heterocycles. The monoisotopic (exact) mass is 1430 g/mol. The molecule has 11 rings (SSSR count). The quantitative estimate of drug-likeness (QED) is 0.206. The van der Waals surface area contributed by atoms with Gasteiger partial charge in [0.2, 0.25) is 0 Å². The first-order valence-corrected chi connectivity index (χ1v) is 42.4. The van der Waals surface area contributed by atoms with Gasteiger partial charge in [0.05, 0.1) is 11.2 Å². The third-order valence-corrected chi connectivity index (χ3v) is 18.0. The molecule has 11 aliphatic carbocycles. The van der Waals surface area contributed by atoms with Crippen LogP contribution in [-0.4, -0.2) is 32.8 Å². The second kappa shape index (κ2) is 60.1. The summed E-state index contributed by atoms with van der Waals surface area (Å²) in [4.78, 5) is 0. The largest absolute Gasteiger partial charge is 0.643 e. The first-order valence-electron chi connectivity index (χ1n) is 37.1. The molecule has 538 valence electrons. The number of halogens is 3. The van der Waals surface area contributed by atoms with Gasteiger partial charge in [0.1, 0.15) is 0 Å². The fourth-order valence-electron chi connectivity index (χ4n) is 15.3. The summed E-state index contributed by atoms with van der Waals surface area (Å²) >= 11 is -1.72. The van der Waals surface area contributed by atoms with E-state index in [9.17, 15) is 5.11 Å². The van der Waals surface area contributed by atoms with Gasteiger partial charge in [0.25, 0.3) is 0 Å². The van der Waals surface area contributed by atoms with Crippen molar-refractivity contribution in [3.8, 4) is 0 Å². The Morgan fingerprint density at radius 3 is 1.28 bits per heavy atom. The van der Waals surface area contributed by atoms with Crippen molar-refractivity contribution >= 4 is 41.5 Å². The smallest absolute Gasteiger partial charge is 0.386 e. The van der Waals surface area contributed by atoms with Gasteiger partial charge >= 0.3 is 11.4 Å². The third-order valence-electron chi connectivity index (χ3n) is 18.0. The van der Waals surface area contributed by atoms with E-state index in [0.717, 1.165) is 61.7 Å². The van der Waals surface area contributed by atoms with Crippen LogP contribution in [0, 0.1) is 87.8 Å². The molecule has 14 unspecified atom stereocenters. The SMILES string of the molecule is C.C1=CC2C3C=CC(C3)C2C1.C1CC2C3CCC(C3)C2C1.C1CC2C3CCC(C3)C2C1.C=C(C)C.C=CC(C)(O)CCC=C(C)C.CC.CC.CC.CC.CC.CC.CC.CC(CC(C)(C)C)CC(C)(C)C.CC1(O)C=CCC1.CC1=CCC=C1.[2HH].[Cl][Al]([Cl])[Cl].[Ru]. The van der Waals surface area contributed by atoms with Crippen molar-refractivity contribution in [3.63, 3.8) is 0 Å². The molecule has 0 saturated heterocycles. The van der Waals surface area contributed by atoms with Crippen LogP contribution in [0.4, 0.5) is 0 Å². The van der Waals surface area contributed by atoms with Crippen molar-refractivity contribution in [1.29, 1.82) is 0 Å². The van der Waals surface area contributed by atoms with Gasteiger partial charge in [0, 0.05) is 20.9 Å². The zero-order valence-electron chi connectivity index (χ0n) is 64.6. The summed E-state index contributed by atoms with van der Waals surface area (Å²) in [6.45, 7) is 65.2. The van der Waals surface area contributed by atoms with Crippen LogP contribution in [0.25, 0.3) is 0 Å². The van der Waals surface area contributed by atoms with Gasteiger partial charge in [-0.3, -0.25) is 0 Å². The molecule has 90 heavy (non-hydrogen) atoms. The number of aliphatic hydroxyl groups is 2. The molecular weight excluding hydrogens is 1260 g/mol. The topological polar surface area (TPSA) is 40.5 Å². The molecule has 0 spiro atoms. The minimum absolute atomic E-state index is 0. The summed E-state index contributed by atoms with van der Waals surface area (Å²) < 4.78 is 0. The van der Waals surface area contributed by atoms with Gasteiger partial charge in [-0.2, -0.15) is 0 Å². The molecule has 7 heteroatoms. The summed E-state index contributed by atoms with van der Waals surface area (Å²) in [5, 5.41) is 18.6. The number of hydrogen-bond acceptors (Lipinski definition) is 2. The Morgan fingerprint density at radius 1 is 0.644 bits per heavy atom. The van der Waals surface area contributed by atoms with E-state index in [2.05, 4.69) is 131 Å². The van der Waals surface area contributed by atoms with E-state index in [4.69, 9.17) is 35.3 Å². The first-order chi connectivity index (χ1) is 41.5. The van der Waals surface area contributed by atoms with Gasteiger partial charge in [-0.25, -0.2) is 30.1 Å². The van der Waals surface area contributed by atoms with Crippen LogP contribution >= 0.6 is 30.1 Å². The predicted octanol–water partition coefficient (Wildman–Crippen LogP) is 29.5. The molecule has 7 fully saturated rings. The maximum atomic E-state index is 9.49.